The van der Waals surface area contributed by atoms with Gasteiger partial charge in [0.2, 0.25) is 0 Å². The van der Waals surface area contributed by atoms with Crippen LogP contribution in [0, 0.1) is 5.41 Å². The van der Waals surface area contributed by atoms with E-state index >= 15 is 0 Å². The van der Waals surface area contributed by atoms with E-state index in [1.807, 2.05) is 0 Å². The topological polar surface area (TPSA) is 12.0 Å². The van der Waals surface area contributed by atoms with E-state index in [1.165, 1.54) is 44.1 Å². The molecule has 0 radical (unpaired) electrons. The third-order valence-corrected chi connectivity index (χ3v) is 5.57. The minimum atomic E-state index is 0.209. The lowest BCUT2D eigenvalue weighted by Gasteiger charge is -2.36. The van der Waals surface area contributed by atoms with Crippen LogP contribution in [0.1, 0.15) is 76.3 Å². The van der Waals surface area contributed by atoms with Crippen LogP contribution in [0.25, 0.3) is 0 Å². The van der Waals surface area contributed by atoms with Crippen molar-refractivity contribution in [3.05, 3.63) is 35.4 Å². The molecule has 1 aliphatic heterocycles. The van der Waals surface area contributed by atoms with Crippen LogP contribution in [-0.4, -0.2) is 6.54 Å². The molecule has 2 aliphatic rings. The average molecular weight is 271 g/mol. The van der Waals surface area contributed by atoms with Gasteiger partial charge in [-0.1, -0.05) is 44.5 Å². The van der Waals surface area contributed by atoms with Gasteiger partial charge in [0.1, 0.15) is 0 Å². The van der Waals surface area contributed by atoms with Gasteiger partial charge in [-0.05, 0) is 68.0 Å². The summed E-state index contributed by atoms with van der Waals surface area (Å²) in [6.07, 6.45) is 8.07. The molecule has 2 atom stereocenters. The van der Waals surface area contributed by atoms with E-state index in [9.17, 15) is 0 Å². The van der Waals surface area contributed by atoms with Gasteiger partial charge < -0.3 is 5.32 Å². The number of hydrogen-bond donors (Lipinski definition) is 1. The summed E-state index contributed by atoms with van der Waals surface area (Å²) in [6, 6.07) is 9.44. The Kier molecular flexibility index (Phi) is 3.66. The SMILES string of the molecule is CC1(C)CCCC(c2cccc(C3(C)CCCN3)c2)C1. The van der Waals surface area contributed by atoms with Crippen LogP contribution in [0.15, 0.2) is 24.3 Å². The second-order valence-corrected chi connectivity index (χ2v) is 7.95. The molecule has 1 heterocycles. The third kappa shape index (κ3) is 2.79. The maximum Gasteiger partial charge on any atom is 0.0406 e. The lowest BCUT2D eigenvalue weighted by Crippen LogP contribution is -2.33. The first-order valence-electron chi connectivity index (χ1n) is 8.34. The first-order valence-corrected chi connectivity index (χ1v) is 8.34. The summed E-state index contributed by atoms with van der Waals surface area (Å²) in [5.41, 5.74) is 3.80. The summed E-state index contributed by atoms with van der Waals surface area (Å²) in [4.78, 5) is 0. The lowest BCUT2D eigenvalue weighted by molar-refractivity contribution is 0.219. The Labute approximate surface area is 124 Å². The van der Waals surface area contributed by atoms with Crippen molar-refractivity contribution in [3.8, 4) is 0 Å². The van der Waals surface area contributed by atoms with Crippen molar-refractivity contribution in [2.75, 3.05) is 6.54 Å². The summed E-state index contributed by atoms with van der Waals surface area (Å²) in [5.74, 6) is 0.767. The van der Waals surface area contributed by atoms with E-state index in [-0.39, 0.29) is 5.54 Å². The molecule has 1 aliphatic carbocycles. The highest BCUT2D eigenvalue weighted by Crippen LogP contribution is 2.44. The zero-order chi connectivity index (χ0) is 14.2. The fourth-order valence-corrected chi connectivity index (χ4v) is 4.26. The summed E-state index contributed by atoms with van der Waals surface area (Å²) < 4.78 is 0. The summed E-state index contributed by atoms with van der Waals surface area (Å²) >= 11 is 0. The minimum absolute atomic E-state index is 0.209. The van der Waals surface area contributed by atoms with Crippen LogP contribution in [-0.2, 0) is 5.54 Å². The van der Waals surface area contributed by atoms with Crippen molar-refractivity contribution >= 4 is 0 Å². The standard InChI is InChI=1S/C19H29N/c1-18(2)10-5-8-16(14-18)15-7-4-9-17(13-15)19(3)11-6-12-20-19/h4,7,9,13,16,20H,5-6,8,10-12,14H2,1-3H3. The highest BCUT2D eigenvalue weighted by atomic mass is 15.0. The van der Waals surface area contributed by atoms with Gasteiger partial charge in [0.05, 0.1) is 0 Å². The molecule has 1 saturated heterocycles. The van der Waals surface area contributed by atoms with Gasteiger partial charge in [-0.3, -0.25) is 0 Å². The smallest absolute Gasteiger partial charge is 0.0406 e. The van der Waals surface area contributed by atoms with E-state index < -0.39 is 0 Å². The molecule has 110 valence electrons. The van der Waals surface area contributed by atoms with Gasteiger partial charge in [0, 0.05) is 5.54 Å². The number of benzene rings is 1. The van der Waals surface area contributed by atoms with Crippen molar-refractivity contribution in [3.63, 3.8) is 0 Å². The fraction of sp³-hybridized carbons (Fsp3) is 0.684. The van der Waals surface area contributed by atoms with Gasteiger partial charge in [0.25, 0.3) is 0 Å². The van der Waals surface area contributed by atoms with Crippen molar-refractivity contribution in [2.45, 2.75) is 70.8 Å². The van der Waals surface area contributed by atoms with Gasteiger partial charge >= 0.3 is 0 Å². The van der Waals surface area contributed by atoms with E-state index in [0.717, 1.165) is 12.5 Å². The number of rotatable bonds is 2. The molecule has 0 amide bonds. The molecule has 1 saturated carbocycles. The Morgan fingerprint density at radius 3 is 2.65 bits per heavy atom. The largest absolute Gasteiger partial charge is 0.308 e. The van der Waals surface area contributed by atoms with Gasteiger partial charge in [0.15, 0.2) is 0 Å². The third-order valence-electron chi connectivity index (χ3n) is 5.57. The highest BCUT2D eigenvalue weighted by Gasteiger charge is 2.32. The highest BCUT2D eigenvalue weighted by molar-refractivity contribution is 5.32. The lowest BCUT2D eigenvalue weighted by atomic mass is 9.70. The molecule has 1 aromatic rings. The minimum Gasteiger partial charge on any atom is -0.308 e. The molecular weight excluding hydrogens is 242 g/mol. The Balaban J connectivity index is 1.84. The van der Waals surface area contributed by atoms with Crippen LogP contribution in [0.4, 0.5) is 0 Å². The zero-order valence-corrected chi connectivity index (χ0v) is 13.3. The summed E-state index contributed by atoms with van der Waals surface area (Å²) in [5, 5.41) is 3.70. The molecular formula is C19H29N. The first-order chi connectivity index (χ1) is 9.49. The van der Waals surface area contributed by atoms with Crippen molar-refractivity contribution < 1.29 is 0 Å². The summed E-state index contributed by atoms with van der Waals surface area (Å²) in [7, 11) is 0. The Hall–Kier alpha value is -0.820. The molecule has 1 heteroatoms. The number of nitrogens with one attached hydrogen (secondary N) is 1. The molecule has 3 rings (SSSR count). The Morgan fingerprint density at radius 2 is 1.95 bits per heavy atom. The average Bonchev–Trinajstić information content (AvgIpc) is 2.86. The van der Waals surface area contributed by atoms with Gasteiger partial charge in [-0.15, -0.1) is 0 Å². The Morgan fingerprint density at radius 1 is 1.10 bits per heavy atom. The van der Waals surface area contributed by atoms with Crippen molar-refractivity contribution in [1.29, 1.82) is 0 Å². The normalized spacial score (nSPS) is 33.2. The molecule has 2 unspecified atom stereocenters. The predicted molar refractivity (Wildman–Crippen MR) is 86.0 cm³/mol. The summed E-state index contributed by atoms with van der Waals surface area (Å²) in [6.45, 7) is 8.40. The molecule has 0 spiro atoms. The van der Waals surface area contributed by atoms with Gasteiger partial charge in [-0.2, -0.15) is 0 Å². The molecule has 0 aromatic heterocycles. The van der Waals surface area contributed by atoms with Gasteiger partial charge in [-0.25, -0.2) is 0 Å². The predicted octanol–water partition coefficient (Wildman–Crippen LogP) is 4.97. The second-order valence-electron chi connectivity index (χ2n) is 7.95. The molecule has 1 aromatic carbocycles. The maximum atomic E-state index is 3.70. The van der Waals surface area contributed by atoms with Crippen LogP contribution >= 0.6 is 0 Å². The molecule has 1 N–H and O–H groups in total. The van der Waals surface area contributed by atoms with E-state index in [4.69, 9.17) is 0 Å². The van der Waals surface area contributed by atoms with E-state index in [2.05, 4.69) is 50.4 Å². The van der Waals surface area contributed by atoms with E-state index in [1.54, 1.807) is 5.56 Å². The van der Waals surface area contributed by atoms with Crippen LogP contribution in [0.3, 0.4) is 0 Å². The molecule has 0 bridgehead atoms. The van der Waals surface area contributed by atoms with E-state index in [0.29, 0.717) is 5.41 Å². The van der Waals surface area contributed by atoms with Crippen LogP contribution in [0.2, 0.25) is 0 Å². The fourth-order valence-electron chi connectivity index (χ4n) is 4.26. The molecule has 1 nitrogen and oxygen atoms in total. The first kappa shape index (κ1) is 14.1. The maximum absolute atomic E-state index is 3.70. The van der Waals surface area contributed by atoms with Crippen LogP contribution < -0.4 is 5.32 Å². The Bertz CT molecular complexity index is 468. The molecule has 2 fully saturated rings. The van der Waals surface area contributed by atoms with Crippen molar-refractivity contribution in [2.24, 2.45) is 5.41 Å². The molecule has 20 heavy (non-hydrogen) atoms. The second kappa shape index (κ2) is 5.18. The quantitative estimate of drug-likeness (QED) is 0.801. The zero-order valence-electron chi connectivity index (χ0n) is 13.3. The number of hydrogen-bond acceptors (Lipinski definition) is 1. The van der Waals surface area contributed by atoms with Crippen LogP contribution in [0.5, 0.6) is 0 Å². The monoisotopic (exact) mass is 271 g/mol. The van der Waals surface area contributed by atoms with Crippen molar-refractivity contribution in [1.82, 2.24) is 5.32 Å².